The molecule has 1 aliphatic rings. The van der Waals surface area contributed by atoms with Gasteiger partial charge in [0.1, 0.15) is 0 Å². The van der Waals surface area contributed by atoms with E-state index in [0.717, 1.165) is 19.6 Å². The van der Waals surface area contributed by atoms with Crippen LogP contribution < -0.4 is 10.6 Å². The predicted molar refractivity (Wildman–Crippen MR) is 48.0 cm³/mol. The number of carbonyl (C=O) groups is 1. The number of amides is 1. The number of likely N-dealkylation sites (N-methyl/N-ethyl adjacent to an activating group) is 1. The Bertz CT molecular complexity index is 156. The summed E-state index contributed by atoms with van der Waals surface area (Å²) < 4.78 is 0. The van der Waals surface area contributed by atoms with Gasteiger partial charge in [-0.3, -0.25) is 4.79 Å². The van der Waals surface area contributed by atoms with E-state index < -0.39 is 0 Å². The molecule has 0 atom stereocenters. The lowest BCUT2D eigenvalue weighted by atomic mass is 10.2. The monoisotopic (exact) mass is 171 g/mol. The van der Waals surface area contributed by atoms with Crippen LogP contribution >= 0.6 is 0 Å². The molecule has 0 saturated carbocycles. The lowest BCUT2D eigenvalue weighted by Crippen LogP contribution is -2.57. The first-order valence-electron chi connectivity index (χ1n) is 4.42. The summed E-state index contributed by atoms with van der Waals surface area (Å²) in [5.74, 6) is 0.171. The van der Waals surface area contributed by atoms with Crippen molar-refractivity contribution < 1.29 is 4.79 Å². The van der Waals surface area contributed by atoms with Gasteiger partial charge in [0.25, 0.3) is 0 Å². The second-order valence-electron chi connectivity index (χ2n) is 3.14. The highest BCUT2D eigenvalue weighted by atomic mass is 16.2. The molecule has 1 fully saturated rings. The van der Waals surface area contributed by atoms with Crippen LogP contribution in [0.2, 0.25) is 0 Å². The van der Waals surface area contributed by atoms with Crippen LogP contribution in [0.3, 0.4) is 0 Å². The third kappa shape index (κ3) is 2.46. The van der Waals surface area contributed by atoms with Gasteiger partial charge in [0, 0.05) is 32.7 Å². The van der Waals surface area contributed by atoms with Gasteiger partial charge in [0.15, 0.2) is 0 Å². The van der Waals surface area contributed by atoms with Crippen molar-refractivity contribution in [3.8, 4) is 0 Å². The Kier molecular flexibility index (Phi) is 3.49. The van der Waals surface area contributed by atoms with Crippen molar-refractivity contribution in [1.82, 2.24) is 15.5 Å². The Morgan fingerprint density at radius 2 is 2.33 bits per heavy atom. The molecule has 4 heteroatoms. The van der Waals surface area contributed by atoms with Gasteiger partial charge in [-0.05, 0) is 6.92 Å². The molecular weight excluding hydrogens is 154 g/mol. The average Bonchev–Trinajstić information content (AvgIpc) is 2.00. The quantitative estimate of drug-likeness (QED) is 0.572. The Balaban J connectivity index is 2.08. The van der Waals surface area contributed by atoms with Crippen molar-refractivity contribution in [1.29, 1.82) is 0 Å². The molecule has 4 nitrogen and oxygen atoms in total. The highest BCUT2D eigenvalue weighted by Crippen LogP contribution is 1.90. The van der Waals surface area contributed by atoms with Gasteiger partial charge >= 0.3 is 0 Å². The van der Waals surface area contributed by atoms with Crippen LogP contribution in [-0.4, -0.2) is 50.1 Å². The number of nitrogens with zero attached hydrogens (tertiary/aromatic N) is 1. The Morgan fingerprint density at radius 3 is 2.75 bits per heavy atom. The van der Waals surface area contributed by atoms with Crippen molar-refractivity contribution in [3.63, 3.8) is 0 Å². The zero-order chi connectivity index (χ0) is 8.97. The van der Waals surface area contributed by atoms with Crippen LogP contribution in [-0.2, 0) is 4.79 Å². The normalized spacial score (nSPS) is 17.2. The van der Waals surface area contributed by atoms with Crippen LogP contribution in [0.25, 0.3) is 0 Å². The average molecular weight is 171 g/mol. The van der Waals surface area contributed by atoms with Gasteiger partial charge in [-0.1, -0.05) is 0 Å². The number of rotatable bonds is 4. The molecule has 1 rings (SSSR count). The second-order valence-corrected chi connectivity index (χ2v) is 3.14. The fourth-order valence-corrected chi connectivity index (χ4v) is 0.976. The van der Waals surface area contributed by atoms with Crippen LogP contribution in [0.1, 0.15) is 6.92 Å². The van der Waals surface area contributed by atoms with Crippen molar-refractivity contribution in [2.45, 2.75) is 13.0 Å². The SMILES string of the molecule is CCN(C)C(=O)CNC1CNC1. The standard InChI is InChI=1S/C8H17N3O/c1-3-11(2)8(12)6-10-7-4-9-5-7/h7,9-10H,3-6H2,1-2H3. The van der Waals surface area contributed by atoms with E-state index in [4.69, 9.17) is 0 Å². The van der Waals surface area contributed by atoms with Gasteiger partial charge in [-0.2, -0.15) is 0 Å². The topological polar surface area (TPSA) is 44.4 Å². The largest absolute Gasteiger partial charge is 0.345 e. The summed E-state index contributed by atoms with van der Waals surface area (Å²) in [7, 11) is 1.82. The number of hydrogen-bond acceptors (Lipinski definition) is 3. The van der Waals surface area contributed by atoms with E-state index in [2.05, 4.69) is 10.6 Å². The van der Waals surface area contributed by atoms with Gasteiger partial charge in [-0.15, -0.1) is 0 Å². The number of carbonyl (C=O) groups excluding carboxylic acids is 1. The molecule has 12 heavy (non-hydrogen) atoms. The third-order valence-electron chi connectivity index (χ3n) is 2.22. The predicted octanol–water partition coefficient (Wildman–Crippen LogP) is -0.974. The fourth-order valence-electron chi connectivity index (χ4n) is 0.976. The van der Waals surface area contributed by atoms with Gasteiger partial charge in [0.2, 0.25) is 5.91 Å². The first-order valence-corrected chi connectivity index (χ1v) is 4.42. The van der Waals surface area contributed by atoms with Gasteiger partial charge in [0.05, 0.1) is 6.54 Å². The maximum Gasteiger partial charge on any atom is 0.236 e. The summed E-state index contributed by atoms with van der Waals surface area (Å²) in [4.78, 5) is 13.0. The first-order chi connectivity index (χ1) is 5.74. The molecular formula is C8H17N3O. The number of hydrogen-bond donors (Lipinski definition) is 2. The Morgan fingerprint density at radius 1 is 1.67 bits per heavy atom. The summed E-state index contributed by atoms with van der Waals surface area (Å²) in [6.45, 7) is 5.20. The minimum Gasteiger partial charge on any atom is -0.345 e. The van der Waals surface area contributed by atoms with E-state index in [9.17, 15) is 4.79 Å². The highest BCUT2D eigenvalue weighted by molar-refractivity contribution is 5.77. The Hall–Kier alpha value is -0.610. The molecule has 0 unspecified atom stereocenters. The molecule has 0 aliphatic carbocycles. The van der Waals surface area contributed by atoms with Crippen molar-refractivity contribution in [3.05, 3.63) is 0 Å². The van der Waals surface area contributed by atoms with Crippen LogP contribution in [0.15, 0.2) is 0 Å². The second kappa shape index (κ2) is 4.42. The maximum atomic E-state index is 11.3. The molecule has 0 spiro atoms. The van der Waals surface area contributed by atoms with E-state index in [1.807, 2.05) is 14.0 Å². The summed E-state index contributed by atoms with van der Waals surface area (Å²) in [6, 6.07) is 0.499. The molecule has 0 aromatic heterocycles. The fraction of sp³-hybridized carbons (Fsp3) is 0.875. The zero-order valence-corrected chi connectivity index (χ0v) is 7.76. The third-order valence-corrected chi connectivity index (χ3v) is 2.22. The van der Waals surface area contributed by atoms with Crippen LogP contribution in [0, 0.1) is 0 Å². The minimum absolute atomic E-state index is 0.171. The molecule has 0 bridgehead atoms. The molecule has 1 heterocycles. The molecule has 1 saturated heterocycles. The molecule has 1 amide bonds. The van der Waals surface area contributed by atoms with E-state index in [-0.39, 0.29) is 5.91 Å². The van der Waals surface area contributed by atoms with E-state index >= 15 is 0 Å². The van der Waals surface area contributed by atoms with Crippen molar-refractivity contribution in [2.75, 3.05) is 33.2 Å². The van der Waals surface area contributed by atoms with E-state index in [0.29, 0.717) is 12.6 Å². The summed E-state index contributed by atoms with van der Waals surface area (Å²) >= 11 is 0. The highest BCUT2D eigenvalue weighted by Gasteiger charge is 2.17. The summed E-state index contributed by atoms with van der Waals surface area (Å²) in [5, 5.41) is 6.32. The molecule has 0 aromatic rings. The van der Waals surface area contributed by atoms with Gasteiger partial charge < -0.3 is 15.5 Å². The molecule has 0 aromatic carbocycles. The molecule has 70 valence electrons. The lowest BCUT2D eigenvalue weighted by molar-refractivity contribution is -0.128. The summed E-state index contributed by atoms with van der Waals surface area (Å²) in [6.07, 6.45) is 0. The van der Waals surface area contributed by atoms with E-state index in [1.165, 1.54) is 0 Å². The van der Waals surface area contributed by atoms with Crippen molar-refractivity contribution >= 4 is 5.91 Å². The maximum absolute atomic E-state index is 11.3. The zero-order valence-electron chi connectivity index (χ0n) is 7.76. The lowest BCUT2D eigenvalue weighted by Gasteiger charge is -2.28. The molecule has 1 aliphatic heterocycles. The molecule has 2 N–H and O–H groups in total. The van der Waals surface area contributed by atoms with Crippen LogP contribution in [0.5, 0.6) is 0 Å². The molecule has 0 radical (unpaired) electrons. The van der Waals surface area contributed by atoms with E-state index in [1.54, 1.807) is 4.90 Å². The Labute approximate surface area is 73.3 Å². The van der Waals surface area contributed by atoms with Crippen molar-refractivity contribution in [2.24, 2.45) is 0 Å². The van der Waals surface area contributed by atoms with Gasteiger partial charge in [-0.25, -0.2) is 0 Å². The summed E-state index contributed by atoms with van der Waals surface area (Å²) in [5.41, 5.74) is 0. The van der Waals surface area contributed by atoms with Crippen LogP contribution in [0.4, 0.5) is 0 Å². The smallest absolute Gasteiger partial charge is 0.236 e. The minimum atomic E-state index is 0.171. The number of nitrogens with one attached hydrogen (secondary N) is 2. The first kappa shape index (κ1) is 9.48.